The van der Waals surface area contributed by atoms with E-state index in [0.29, 0.717) is 13.2 Å². The third-order valence-corrected chi connectivity index (χ3v) is 4.86. The molecule has 3 rings (SSSR count). The first-order chi connectivity index (χ1) is 10.2. The van der Waals surface area contributed by atoms with Gasteiger partial charge in [0, 0.05) is 30.6 Å². The van der Waals surface area contributed by atoms with Crippen molar-refractivity contribution in [2.24, 2.45) is 0 Å². The minimum Gasteiger partial charge on any atom is -0.486 e. The van der Waals surface area contributed by atoms with Gasteiger partial charge in [-0.05, 0) is 12.1 Å². The zero-order valence-electron chi connectivity index (χ0n) is 11.7. The van der Waals surface area contributed by atoms with Crippen LogP contribution in [-0.2, 0) is 4.79 Å². The van der Waals surface area contributed by atoms with E-state index in [9.17, 15) is 4.79 Å². The largest absolute Gasteiger partial charge is 0.486 e. The zero-order chi connectivity index (χ0) is 14.7. The lowest BCUT2D eigenvalue weighted by atomic mass is 10.1. The van der Waals surface area contributed by atoms with E-state index in [1.807, 2.05) is 36.0 Å². The molecule has 2 unspecified atom stereocenters. The van der Waals surface area contributed by atoms with Crippen LogP contribution >= 0.6 is 11.8 Å². The number of hydrogen-bond donors (Lipinski definition) is 1. The van der Waals surface area contributed by atoms with E-state index in [1.54, 1.807) is 0 Å². The molecule has 0 bridgehead atoms. The van der Waals surface area contributed by atoms with Crippen molar-refractivity contribution in [2.45, 2.75) is 18.6 Å². The molecule has 1 aromatic carbocycles. The highest BCUT2D eigenvalue weighted by Crippen LogP contribution is 2.31. The molecule has 1 aromatic rings. The molecule has 2 aliphatic rings. The Labute approximate surface area is 128 Å². The van der Waals surface area contributed by atoms with Gasteiger partial charge in [0.1, 0.15) is 12.7 Å². The first-order valence-electron chi connectivity index (χ1n) is 7.14. The number of fused-ring (bicyclic) bond motifs is 1. The van der Waals surface area contributed by atoms with Crippen molar-refractivity contribution in [3.05, 3.63) is 24.3 Å². The predicted molar refractivity (Wildman–Crippen MR) is 81.3 cm³/mol. The van der Waals surface area contributed by atoms with Crippen LogP contribution < -0.4 is 9.47 Å². The lowest BCUT2D eigenvalue weighted by Crippen LogP contribution is -2.49. The van der Waals surface area contributed by atoms with E-state index >= 15 is 0 Å². The Morgan fingerprint density at radius 3 is 3.00 bits per heavy atom. The molecule has 2 aliphatic heterocycles. The van der Waals surface area contributed by atoms with Gasteiger partial charge in [0.25, 0.3) is 0 Å². The van der Waals surface area contributed by atoms with Gasteiger partial charge < -0.3 is 14.6 Å². The highest BCUT2D eigenvalue weighted by molar-refractivity contribution is 7.99. The van der Waals surface area contributed by atoms with Gasteiger partial charge >= 0.3 is 5.97 Å². The topological polar surface area (TPSA) is 59.0 Å². The van der Waals surface area contributed by atoms with Crippen LogP contribution in [0.1, 0.15) is 6.42 Å². The summed E-state index contributed by atoms with van der Waals surface area (Å²) in [7, 11) is 0. The van der Waals surface area contributed by atoms with Gasteiger partial charge in [0.2, 0.25) is 0 Å². The molecule has 0 aromatic heterocycles. The van der Waals surface area contributed by atoms with Crippen molar-refractivity contribution in [3.63, 3.8) is 0 Å². The molecule has 0 aliphatic carbocycles. The monoisotopic (exact) mass is 309 g/mol. The van der Waals surface area contributed by atoms with Crippen molar-refractivity contribution >= 4 is 17.7 Å². The Morgan fingerprint density at radius 1 is 1.38 bits per heavy atom. The fourth-order valence-electron chi connectivity index (χ4n) is 2.73. The number of carbonyl (C=O) groups is 1. The van der Waals surface area contributed by atoms with Crippen LogP contribution in [0.3, 0.4) is 0 Å². The maximum absolute atomic E-state index is 11.0. The van der Waals surface area contributed by atoms with Crippen LogP contribution in [0.15, 0.2) is 24.3 Å². The normalized spacial score (nSPS) is 25.5. The summed E-state index contributed by atoms with van der Waals surface area (Å²) in [5.74, 6) is 2.73. The van der Waals surface area contributed by atoms with E-state index < -0.39 is 5.97 Å². The predicted octanol–water partition coefficient (Wildman–Crippen LogP) is 1.72. The smallest absolute Gasteiger partial charge is 0.304 e. The summed E-state index contributed by atoms with van der Waals surface area (Å²) in [5, 5.41) is 9.03. The Balaban J connectivity index is 1.62. The average Bonchev–Trinajstić information content (AvgIpc) is 2.49. The van der Waals surface area contributed by atoms with E-state index in [1.165, 1.54) is 0 Å². The van der Waals surface area contributed by atoms with E-state index in [2.05, 4.69) is 4.90 Å². The van der Waals surface area contributed by atoms with Crippen LogP contribution in [0, 0.1) is 0 Å². The summed E-state index contributed by atoms with van der Waals surface area (Å²) in [6.45, 7) is 2.14. The van der Waals surface area contributed by atoms with Crippen LogP contribution in [-0.4, -0.2) is 59.3 Å². The molecule has 5 nitrogen and oxygen atoms in total. The first-order valence-corrected chi connectivity index (χ1v) is 8.30. The van der Waals surface area contributed by atoms with Crippen molar-refractivity contribution < 1.29 is 19.4 Å². The number of ether oxygens (including phenoxy) is 2. The molecule has 0 radical (unpaired) electrons. The standard InChI is InChI=1S/C15H19NO4S/c17-15(18)7-11-10-21-6-5-16(11)8-12-9-19-13-3-1-2-4-14(13)20-12/h1-4,11-12H,5-10H2,(H,17,18). The van der Waals surface area contributed by atoms with Crippen LogP contribution in [0.4, 0.5) is 0 Å². The summed E-state index contributed by atoms with van der Waals surface area (Å²) in [6.07, 6.45) is 0.149. The molecule has 2 atom stereocenters. The van der Waals surface area contributed by atoms with Gasteiger partial charge in [-0.15, -0.1) is 0 Å². The number of aliphatic carboxylic acids is 1. The Morgan fingerprint density at radius 2 is 2.19 bits per heavy atom. The maximum Gasteiger partial charge on any atom is 0.304 e. The van der Waals surface area contributed by atoms with Crippen molar-refractivity contribution in [1.29, 1.82) is 0 Å². The molecule has 1 N–H and O–H groups in total. The summed E-state index contributed by atoms with van der Waals surface area (Å²) < 4.78 is 11.7. The van der Waals surface area contributed by atoms with E-state index in [-0.39, 0.29) is 18.6 Å². The van der Waals surface area contributed by atoms with Gasteiger partial charge in [0.15, 0.2) is 11.5 Å². The Kier molecular flexibility index (Phi) is 4.55. The quantitative estimate of drug-likeness (QED) is 0.914. The summed E-state index contributed by atoms with van der Waals surface area (Å²) in [4.78, 5) is 13.2. The summed E-state index contributed by atoms with van der Waals surface area (Å²) >= 11 is 1.82. The molecular weight excluding hydrogens is 290 g/mol. The number of thioether (sulfide) groups is 1. The number of para-hydroxylation sites is 2. The van der Waals surface area contributed by atoms with Crippen molar-refractivity contribution in [2.75, 3.05) is 31.2 Å². The molecule has 1 fully saturated rings. The molecule has 21 heavy (non-hydrogen) atoms. The summed E-state index contributed by atoms with van der Waals surface area (Å²) in [6, 6.07) is 7.74. The molecule has 1 saturated heterocycles. The third-order valence-electron chi connectivity index (χ3n) is 3.77. The van der Waals surface area contributed by atoms with Gasteiger partial charge in [-0.1, -0.05) is 12.1 Å². The average molecular weight is 309 g/mol. The highest BCUT2D eigenvalue weighted by atomic mass is 32.2. The maximum atomic E-state index is 11.0. The second-order valence-electron chi connectivity index (χ2n) is 5.32. The number of nitrogens with zero attached hydrogens (tertiary/aromatic N) is 1. The molecule has 6 heteroatoms. The SMILES string of the molecule is O=C(O)CC1CSCCN1CC1COc2ccccc2O1. The zero-order valence-corrected chi connectivity index (χ0v) is 12.6. The Hall–Kier alpha value is -1.40. The van der Waals surface area contributed by atoms with Gasteiger partial charge in [-0.25, -0.2) is 0 Å². The number of benzene rings is 1. The van der Waals surface area contributed by atoms with Crippen molar-refractivity contribution in [3.8, 4) is 11.5 Å². The molecule has 114 valence electrons. The molecular formula is C15H19NO4S. The molecule has 0 spiro atoms. The fraction of sp³-hybridized carbons (Fsp3) is 0.533. The number of hydrogen-bond acceptors (Lipinski definition) is 5. The second kappa shape index (κ2) is 6.58. The first kappa shape index (κ1) is 14.5. The molecule has 2 heterocycles. The fourth-order valence-corrected chi connectivity index (χ4v) is 3.86. The van der Waals surface area contributed by atoms with Crippen LogP contribution in [0.5, 0.6) is 11.5 Å². The Bertz CT molecular complexity index is 510. The highest BCUT2D eigenvalue weighted by Gasteiger charge is 2.29. The number of carboxylic acid groups (broad SMARTS) is 1. The molecule has 0 saturated carbocycles. The van der Waals surface area contributed by atoms with Gasteiger partial charge in [0.05, 0.1) is 6.42 Å². The lowest BCUT2D eigenvalue weighted by molar-refractivity contribution is -0.138. The second-order valence-corrected chi connectivity index (χ2v) is 6.47. The third kappa shape index (κ3) is 3.63. The van der Waals surface area contributed by atoms with Crippen molar-refractivity contribution in [1.82, 2.24) is 4.90 Å². The minimum atomic E-state index is -0.737. The van der Waals surface area contributed by atoms with E-state index in [4.69, 9.17) is 14.6 Å². The van der Waals surface area contributed by atoms with Crippen LogP contribution in [0.25, 0.3) is 0 Å². The number of rotatable bonds is 4. The molecule has 0 amide bonds. The van der Waals surface area contributed by atoms with Crippen LogP contribution in [0.2, 0.25) is 0 Å². The lowest BCUT2D eigenvalue weighted by Gasteiger charge is -2.37. The van der Waals surface area contributed by atoms with Gasteiger partial charge in [-0.3, -0.25) is 9.69 Å². The summed E-state index contributed by atoms with van der Waals surface area (Å²) in [5.41, 5.74) is 0. The van der Waals surface area contributed by atoms with E-state index in [0.717, 1.165) is 29.5 Å². The minimum absolute atomic E-state index is 0.0423. The number of carboxylic acids is 1. The van der Waals surface area contributed by atoms with Gasteiger partial charge in [-0.2, -0.15) is 11.8 Å².